The largest absolute Gasteiger partial charge is 0.455 e. The van der Waals surface area contributed by atoms with Gasteiger partial charge in [-0.1, -0.05) is 217 Å². The first-order chi connectivity index (χ1) is 45.9. The first kappa shape index (κ1) is 54.2. The van der Waals surface area contributed by atoms with E-state index < -0.39 is 5.41 Å². The van der Waals surface area contributed by atoms with Gasteiger partial charge in [0.25, 0.3) is 0 Å². The van der Waals surface area contributed by atoms with Gasteiger partial charge >= 0.3 is 0 Å². The van der Waals surface area contributed by atoms with Gasteiger partial charge in [0, 0.05) is 65.9 Å². The molecule has 0 amide bonds. The van der Waals surface area contributed by atoms with Crippen LogP contribution >= 0.6 is 0 Å². The van der Waals surface area contributed by atoms with E-state index in [1.807, 2.05) is 6.07 Å². The van der Waals surface area contributed by atoms with Crippen molar-refractivity contribution < 1.29 is 17.7 Å². The van der Waals surface area contributed by atoms with Crippen LogP contribution in [0.25, 0.3) is 98.9 Å². The predicted molar refractivity (Wildman–Crippen MR) is 388 cm³/mol. The number of para-hydroxylation sites is 9. The van der Waals surface area contributed by atoms with Gasteiger partial charge in [-0.15, -0.1) is 0 Å². The maximum absolute atomic E-state index is 7.77. The fourth-order valence-electron chi connectivity index (χ4n) is 15.9. The Bertz CT molecular complexity index is 5920. The molecule has 4 aromatic heterocycles. The lowest BCUT2D eigenvalue weighted by Crippen LogP contribution is -2.36. The zero-order valence-corrected chi connectivity index (χ0v) is 53.0. The van der Waals surface area contributed by atoms with E-state index in [1.165, 1.54) is 11.1 Å². The molecule has 2 aliphatic rings. The lowest BCUT2D eigenvalue weighted by Gasteiger charge is -2.45. The van der Waals surface area contributed by atoms with Gasteiger partial charge in [-0.3, -0.25) is 0 Å². The summed E-state index contributed by atoms with van der Waals surface area (Å²) in [6, 6.07) is 99.3. The Balaban J connectivity index is 1.02. The van der Waals surface area contributed by atoms with E-state index in [4.69, 9.17) is 17.7 Å². The van der Waals surface area contributed by atoms with Gasteiger partial charge < -0.3 is 32.4 Å². The van der Waals surface area contributed by atoms with Gasteiger partial charge in [-0.2, -0.15) is 0 Å². The number of hydrogen-bond donors (Lipinski definition) is 0. The highest BCUT2D eigenvalue weighted by Gasteiger charge is 2.55. The van der Waals surface area contributed by atoms with E-state index in [0.29, 0.717) is 0 Å². The van der Waals surface area contributed by atoms with Crippen LogP contribution in [0.15, 0.2) is 291 Å². The molecule has 13 aromatic carbocycles. The summed E-state index contributed by atoms with van der Waals surface area (Å²) in [5.74, 6) is 0. The molecule has 0 N–H and O–H groups in total. The van der Waals surface area contributed by atoms with Crippen LogP contribution in [0, 0.1) is 0 Å². The topological polar surface area (TPSA) is 62.3 Å². The molecule has 7 nitrogen and oxygen atoms in total. The molecular weight excluding hydrogens is 1150 g/mol. The van der Waals surface area contributed by atoms with E-state index in [9.17, 15) is 0 Å². The van der Waals surface area contributed by atoms with Crippen LogP contribution in [-0.4, -0.2) is 0 Å². The standard InChI is InChI=1S/C87H63N3O4/c1-85(2,3)52-42-46-55(47-43-52)89(69-36-22-30-59-57-26-10-18-38-73(57)91-81(59)69)71-50-66-80(84-77(71)61-28-12-20-40-75(61)94-84)79-65(87(66)63-32-14-16-34-67(63)88(54-24-8-7-9-25-54)68-35-17-15-33-64(68)87)51-72(83-78(79)62-29-13-21-41-76(62)93-83)90(56-48-44-53(45-49-56)86(4,5)6)70-37-23-31-60-58-27-11-19-39-74(58)92-82(60)70/h7-51H,1-6H3. The molecule has 0 saturated carbocycles. The third-order valence-electron chi connectivity index (χ3n) is 20.1. The lowest BCUT2D eigenvalue weighted by atomic mass is 9.64. The third kappa shape index (κ3) is 7.60. The number of hydrogen-bond acceptors (Lipinski definition) is 7. The molecule has 0 fully saturated rings. The van der Waals surface area contributed by atoms with Gasteiger partial charge in [0.1, 0.15) is 27.9 Å². The van der Waals surface area contributed by atoms with Crippen LogP contribution in [0.4, 0.5) is 51.2 Å². The summed E-state index contributed by atoms with van der Waals surface area (Å²) in [6.07, 6.45) is 0. The van der Waals surface area contributed by atoms with Crippen molar-refractivity contribution in [3.05, 3.63) is 306 Å². The Hall–Kier alpha value is -11.5. The summed E-state index contributed by atoms with van der Waals surface area (Å²) in [7, 11) is 0. The Kier molecular flexibility index (Phi) is 11.4. The predicted octanol–water partition coefficient (Wildman–Crippen LogP) is 25.0. The van der Waals surface area contributed by atoms with Crippen molar-refractivity contribution in [3.63, 3.8) is 0 Å². The van der Waals surface area contributed by atoms with Crippen molar-refractivity contribution in [2.24, 2.45) is 0 Å². The molecule has 0 saturated heterocycles. The number of fused-ring (bicyclic) bond motifs is 23. The van der Waals surface area contributed by atoms with E-state index in [1.54, 1.807) is 0 Å². The molecule has 0 unspecified atom stereocenters. The van der Waals surface area contributed by atoms with Crippen LogP contribution in [0.1, 0.15) is 74.9 Å². The zero-order chi connectivity index (χ0) is 62.9. The molecule has 17 aromatic rings. The lowest BCUT2D eigenvalue weighted by molar-refractivity contribution is 0.590. The SMILES string of the molecule is CC(C)(C)c1ccc(N(c2cccc3c2oc2ccccc23)c2cc3c(c4c2oc2ccccc24)-c2c(cc(N(c4ccc(C(C)(C)C)cc4)c4cccc5c4oc4ccccc45)c4c2oc2ccccc24)C32c3ccccc3N(c3ccccc3)c3ccccc32)cc1. The van der Waals surface area contributed by atoms with E-state index in [-0.39, 0.29) is 10.8 Å². The minimum Gasteiger partial charge on any atom is -0.455 e. The second kappa shape index (κ2) is 19.7. The fraction of sp³-hybridized carbons (Fsp3) is 0.103. The van der Waals surface area contributed by atoms with Crippen LogP contribution in [-0.2, 0) is 16.2 Å². The molecule has 94 heavy (non-hydrogen) atoms. The van der Waals surface area contributed by atoms with Gasteiger partial charge in [0.2, 0.25) is 0 Å². The van der Waals surface area contributed by atoms with Crippen molar-refractivity contribution in [2.45, 2.75) is 57.8 Å². The second-order valence-electron chi connectivity index (χ2n) is 27.5. The summed E-state index contributed by atoms with van der Waals surface area (Å²) in [5, 5.41) is 8.16. The molecule has 19 rings (SSSR count). The highest BCUT2D eigenvalue weighted by molar-refractivity contribution is 6.27. The zero-order valence-electron chi connectivity index (χ0n) is 53.0. The summed E-state index contributed by atoms with van der Waals surface area (Å²) < 4.78 is 29.6. The van der Waals surface area contributed by atoms with Crippen molar-refractivity contribution >= 4 is 139 Å². The van der Waals surface area contributed by atoms with Gasteiger partial charge in [0.15, 0.2) is 16.7 Å². The molecule has 0 radical (unpaired) electrons. The molecule has 1 spiro atoms. The Labute approximate surface area is 543 Å². The number of rotatable bonds is 7. The van der Waals surface area contributed by atoms with Crippen molar-refractivity contribution in [3.8, 4) is 11.1 Å². The molecule has 7 heteroatoms. The number of anilines is 9. The fourth-order valence-corrected chi connectivity index (χ4v) is 15.9. The minimum atomic E-state index is -1.05. The van der Waals surface area contributed by atoms with Gasteiger partial charge in [-0.05, 0) is 141 Å². The quantitative estimate of drug-likeness (QED) is 0.158. The minimum absolute atomic E-state index is 0.0945. The average Bonchev–Trinajstić information content (AvgIpc) is 1.47. The summed E-state index contributed by atoms with van der Waals surface area (Å²) >= 11 is 0. The Morgan fingerprint density at radius 2 is 0.691 bits per heavy atom. The van der Waals surface area contributed by atoms with E-state index in [0.717, 1.165) is 172 Å². The molecule has 450 valence electrons. The molecular formula is C87H63N3O4. The number of benzene rings is 13. The monoisotopic (exact) mass is 1210 g/mol. The maximum atomic E-state index is 7.77. The van der Waals surface area contributed by atoms with E-state index in [2.05, 4.69) is 323 Å². The number of nitrogens with zero attached hydrogens (tertiary/aromatic N) is 3. The molecule has 0 bridgehead atoms. The number of furan rings is 4. The summed E-state index contributed by atoms with van der Waals surface area (Å²) in [5.41, 5.74) is 22.8. The molecule has 1 aliphatic carbocycles. The maximum Gasteiger partial charge on any atom is 0.160 e. The average molecular weight is 1210 g/mol. The molecule has 0 atom stereocenters. The van der Waals surface area contributed by atoms with Crippen molar-refractivity contribution in [1.82, 2.24) is 0 Å². The highest BCUT2D eigenvalue weighted by atomic mass is 16.3. The summed E-state index contributed by atoms with van der Waals surface area (Å²) in [6.45, 7) is 13.6. The highest BCUT2D eigenvalue weighted by Crippen LogP contribution is 2.69. The van der Waals surface area contributed by atoms with Gasteiger partial charge in [-0.25, -0.2) is 0 Å². The Morgan fingerprint density at radius 3 is 1.21 bits per heavy atom. The Morgan fingerprint density at radius 1 is 0.298 bits per heavy atom. The smallest absolute Gasteiger partial charge is 0.160 e. The van der Waals surface area contributed by atoms with Crippen molar-refractivity contribution in [1.29, 1.82) is 0 Å². The van der Waals surface area contributed by atoms with Crippen molar-refractivity contribution in [2.75, 3.05) is 14.7 Å². The van der Waals surface area contributed by atoms with Crippen LogP contribution in [0.3, 0.4) is 0 Å². The first-order valence-corrected chi connectivity index (χ1v) is 32.6. The van der Waals surface area contributed by atoms with Crippen LogP contribution in [0.2, 0.25) is 0 Å². The van der Waals surface area contributed by atoms with Crippen LogP contribution < -0.4 is 14.7 Å². The third-order valence-corrected chi connectivity index (χ3v) is 20.1. The molecule has 1 aliphatic heterocycles. The first-order valence-electron chi connectivity index (χ1n) is 32.6. The van der Waals surface area contributed by atoms with Crippen LogP contribution in [0.5, 0.6) is 0 Å². The second-order valence-corrected chi connectivity index (χ2v) is 27.5. The normalized spacial score (nSPS) is 13.5. The molecule has 5 heterocycles. The van der Waals surface area contributed by atoms with Gasteiger partial charge in [0.05, 0.1) is 44.9 Å². The van der Waals surface area contributed by atoms with E-state index >= 15 is 0 Å². The summed E-state index contributed by atoms with van der Waals surface area (Å²) in [4.78, 5) is 7.30.